The summed E-state index contributed by atoms with van der Waals surface area (Å²) >= 11 is 0. The van der Waals surface area contributed by atoms with Crippen LogP contribution in [0, 0.1) is 0 Å². The molecule has 1 aliphatic heterocycles. The van der Waals surface area contributed by atoms with E-state index in [2.05, 4.69) is 10.3 Å². The maximum Gasteiger partial charge on any atom is 0.229 e. The Labute approximate surface area is 113 Å². The molecule has 2 unspecified atom stereocenters. The van der Waals surface area contributed by atoms with Gasteiger partial charge in [0.15, 0.2) is 0 Å². The largest absolute Gasteiger partial charge is 0.376 e. The first-order valence-electron chi connectivity index (χ1n) is 6.81. The van der Waals surface area contributed by atoms with Gasteiger partial charge in [-0.25, -0.2) is 0 Å². The van der Waals surface area contributed by atoms with E-state index in [9.17, 15) is 4.79 Å². The molecule has 19 heavy (non-hydrogen) atoms. The molecule has 1 fully saturated rings. The number of pyridine rings is 1. The predicted molar refractivity (Wildman–Crippen MR) is 72.6 cm³/mol. The molecule has 0 bridgehead atoms. The molecule has 0 aliphatic carbocycles. The Kier molecular flexibility index (Phi) is 5.30. The molecule has 1 aliphatic rings. The second kappa shape index (κ2) is 7.21. The van der Waals surface area contributed by atoms with E-state index >= 15 is 0 Å². The van der Waals surface area contributed by atoms with E-state index < -0.39 is 0 Å². The second-order valence-corrected chi connectivity index (χ2v) is 4.76. The molecule has 0 saturated carbocycles. The van der Waals surface area contributed by atoms with Gasteiger partial charge in [-0.05, 0) is 37.9 Å². The van der Waals surface area contributed by atoms with E-state index in [4.69, 9.17) is 10.5 Å². The molecule has 0 aromatic carbocycles. The fourth-order valence-electron chi connectivity index (χ4n) is 2.31. The number of nitrogens with one attached hydrogen (secondary N) is 1. The van der Waals surface area contributed by atoms with Crippen molar-refractivity contribution in [3.63, 3.8) is 0 Å². The van der Waals surface area contributed by atoms with Crippen molar-refractivity contribution in [1.29, 1.82) is 0 Å². The van der Waals surface area contributed by atoms with Crippen molar-refractivity contribution in [3.05, 3.63) is 30.1 Å². The average molecular weight is 263 g/mol. The molecular weight excluding hydrogens is 242 g/mol. The maximum absolute atomic E-state index is 12.2. The molecule has 5 heteroatoms. The van der Waals surface area contributed by atoms with Gasteiger partial charge in [-0.3, -0.25) is 9.78 Å². The van der Waals surface area contributed by atoms with E-state index in [1.54, 1.807) is 6.20 Å². The summed E-state index contributed by atoms with van der Waals surface area (Å²) < 4.78 is 5.49. The number of rotatable bonds is 6. The number of hydrogen-bond acceptors (Lipinski definition) is 4. The van der Waals surface area contributed by atoms with Gasteiger partial charge in [-0.2, -0.15) is 0 Å². The summed E-state index contributed by atoms with van der Waals surface area (Å²) in [5.74, 6) is -0.285. The van der Waals surface area contributed by atoms with E-state index in [1.807, 2.05) is 18.2 Å². The Morgan fingerprint density at radius 3 is 3.11 bits per heavy atom. The molecule has 2 atom stereocenters. The third-order valence-corrected chi connectivity index (χ3v) is 3.34. The predicted octanol–water partition coefficient (Wildman–Crippen LogP) is 0.809. The van der Waals surface area contributed by atoms with E-state index in [1.165, 1.54) is 0 Å². The van der Waals surface area contributed by atoms with Crippen molar-refractivity contribution in [1.82, 2.24) is 10.3 Å². The van der Waals surface area contributed by atoms with Crippen LogP contribution in [0.4, 0.5) is 0 Å². The van der Waals surface area contributed by atoms with Gasteiger partial charge in [0, 0.05) is 19.3 Å². The fraction of sp³-hybridized carbons (Fsp3) is 0.571. The lowest BCUT2D eigenvalue weighted by Gasteiger charge is -2.17. The summed E-state index contributed by atoms with van der Waals surface area (Å²) in [6.07, 6.45) is 4.56. The number of hydrogen-bond donors (Lipinski definition) is 2. The maximum atomic E-state index is 12.2. The quantitative estimate of drug-likeness (QED) is 0.796. The minimum absolute atomic E-state index is 0.0142. The number of carbonyl (C=O) groups is 1. The lowest BCUT2D eigenvalue weighted by Crippen LogP contribution is -2.36. The molecule has 2 heterocycles. The number of nitrogens with zero attached hydrogens (tertiary/aromatic N) is 1. The minimum atomic E-state index is -0.271. The van der Waals surface area contributed by atoms with Gasteiger partial charge in [0.25, 0.3) is 0 Å². The Balaban J connectivity index is 1.92. The number of nitrogens with two attached hydrogens (primary N) is 1. The van der Waals surface area contributed by atoms with Gasteiger partial charge in [0.1, 0.15) is 0 Å². The second-order valence-electron chi connectivity index (χ2n) is 4.76. The molecule has 0 radical (unpaired) electrons. The standard InChI is InChI=1S/C14H21N3O2/c15-7-6-12(13-5-1-2-8-16-13)14(18)17-10-11-4-3-9-19-11/h1-2,5,8,11-12H,3-4,6-7,9-10,15H2,(H,17,18). The third kappa shape index (κ3) is 4.01. The molecule has 1 aromatic heterocycles. The minimum Gasteiger partial charge on any atom is -0.376 e. The molecule has 2 rings (SSSR count). The van der Waals surface area contributed by atoms with Crippen LogP contribution < -0.4 is 11.1 Å². The molecule has 3 N–H and O–H groups in total. The molecule has 1 amide bonds. The van der Waals surface area contributed by atoms with Crippen LogP contribution in [0.3, 0.4) is 0 Å². The Morgan fingerprint density at radius 1 is 1.58 bits per heavy atom. The number of amides is 1. The summed E-state index contributed by atoms with van der Waals surface area (Å²) in [5.41, 5.74) is 6.37. The molecule has 1 saturated heterocycles. The summed E-state index contributed by atoms with van der Waals surface area (Å²) in [6.45, 7) is 1.84. The zero-order valence-electron chi connectivity index (χ0n) is 11.0. The molecule has 0 spiro atoms. The summed E-state index contributed by atoms with van der Waals surface area (Å²) in [6, 6.07) is 5.60. The number of ether oxygens (including phenoxy) is 1. The highest BCUT2D eigenvalue weighted by atomic mass is 16.5. The number of aromatic nitrogens is 1. The Morgan fingerprint density at radius 2 is 2.47 bits per heavy atom. The van der Waals surface area contributed by atoms with Crippen molar-refractivity contribution in [2.75, 3.05) is 19.7 Å². The molecule has 104 valence electrons. The van der Waals surface area contributed by atoms with E-state index in [-0.39, 0.29) is 17.9 Å². The van der Waals surface area contributed by atoms with Gasteiger partial charge in [-0.15, -0.1) is 0 Å². The van der Waals surface area contributed by atoms with Crippen LogP contribution in [0.5, 0.6) is 0 Å². The van der Waals surface area contributed by atoms with Gasteiger partial charge in [-0.1, -0.05) is 6.07 Å². The van der Waals surface area contributed by atoms with Crippen molar-refractivity contribution < 1.29 is 9.53 Å². The van der Waals surface area contributed by atoms with Crippen molar-refractivity contribution in [2.24, 2.45) is 5.73 Å². The first kappa shape index (κ1) is 14.0. The first-order valence-corrected chi connectivity index (χ1v) is 6.81. The smallest absolute Gasteiger partial charge is 0.229 e. The fourth-order valence-corrected chi connectivity index (χ4v) is 2.31. The lowest BCUT2D eigenvalue weighted by atomic mass is 9.99. The van der Waals surface area contributed by atoms with Crippen LogP contribution in [0.25, 0.3) is 0 Å². The van der Waals surface area contributed by atoms with E-state index in [0.717, 1.165) is 25.1 Å². The van der Waals surface area contributed by atoms with Crippen LogP contribution >= 0.6 is 0 Å². The topological polar surface area (TPSA) is 77.2 Å². The zero-order valence-corrected chi connectivity index (χ0v) is 11.0. The zero-order chi connectivity index (χ0) is 13.5. The summed E-state index contributed by atoms with van der Waals surface area (Å²) in [7, 11) is 0. The average Bonchev–Trinajstić information content (AvgIpc) is 2.96. The molecule has 5 nitrogen and oxygen atoms in total. The van der Waals surface area contributed by atoms with Crippen LogP contribution in [-0.4, -0.2) is 36.7 Å². The summed E-state index contributed by atoms with van der Waals surface area (Å²) in [4.78, 5) is 16.5. The Bertz CT molecular complexity index is 391. The van der Waals surface area contributed by atoms with E-state index in [0.29, 0.717) is 19.5 Å². The normalized spacial score (nSPS) is 20.2. The van der Waals surface area contributed by atoms with Crippen LogP contribution in [0.2, 0.25) is 0 Å². The highest BCUT2D eigenvalue weighted by molar-refractivity contribution is 5.83. The molecule has 1 aromatic rings. The SMILES string of the molecule is NCCC(C(=O)NCC1CCCO1)c1ccccn1. The van der Waals surface area contributed by atoms with Gasteiger partial charge < -0.3 is 15.8 Å². The highest BCUT2D eigenvalue weighted by Gasteiger charge is 2.23. The van der Waals surface area contributed by atoms with Crippen LogP contribution in [0.15, 0.2) is 24.4 Å². The lowest BCUT2D eigenvalue weighted by molar-refractivity contribution is -0.123. The van der Waals surface area contributed by atoms with Crippen molar-refractivity contribution in [2.45, 2.75) is 31.3 Å². The van der Waals surface area contributed by atoms with Crippen molar-refractivity contribution in [3.8, 4) is 0 Å². The third-order valence-electron chi connectivity index (χ3n) is 3.34. The van der Waals surface area contributed by atoms with Crippen LogP contribution in [-0.2, 0) is 9.53 Å². The molecular formula is C14H21N3O2. The van der Waals surface area contributed by atoms with Crippen molar-refractivity contribution >= 4 is 5.91 Å². The van der Waals surface area contributed by atoms with Gasteiger partial charge in [0.05, 0.1) is 17.7 Å². The van der Waals surface area contributed by atoms with Gasteiger partial charge in [0.2, 0.25) is 5.91 Å². The highest BCUT2D eigenvalue weighted by Crippen LogP contribution is 2.17. The van der Waals surface area contributed by atoms with Gasteiger partial charge >= 0.3 is 0 Å². The van der Waals surface area contributed by atoms with Crippen LogP contribution in [0.1, 0.15) is 30.9 Å². The first-order chi connectivity index (χ1) is 9.31. The monoisotopic (exact) mass is 263 g/mol. The number of carbonyl (C=O) groups excluding carboxylic acids is 1. The Hall–Kier alpha value is -1.46. The summed E-state index contributed by atoms with van der Waals surface area (Å²) in [5, 5.41) is 2.95.